The lowest BCUT2D eigenvalue weighted by Crippen LogP contribution is -2.29. The van der Waals surface area contributed by atoms with Crippen molar-refractivity contribution in [3.8, 4) is 5.75 Å². The monoisotopic (exact) mass is 267 g/mol. The topological polar surface area (TPSA) is 75.7 Å². The Morgan fingerprint density at radius 3 is 2.42 bits per heavy atom. The van der Waals surface area contributed by atoms with E-state index in [0.29, 0.717) is 6.42 Å². The van der Waals surface area contributed by atoms with Crippen LogP contribution in [0.25, 0.3) is 0 Å². The van der Waals surface area contributed by atoms with Gasteiger partial charge in [-0.1, -0.05) is 26.8 Å². The highest BCUT2D eigenvalue weighted by Crippen LogP contribution is 2.34. The minimum Gasteiger partial charge on any atom is -0.496 e. The van der Waals surface area contributed by atoms with Crippen LogP contribution < -0.4 is 10.5 Å². The molecule has 0 aliphatic rings. The minimum atomic E-state index is -0.779. The quantitative estimate of drug-likeness (QED) is 0.759. The summed E-state index contributed by atoms with van der Waals surface area (Å²) in [4.78, 5) is 0. The Bertz CT molecular complexity index is 412. The van der Waals surface area contributed by atoms with Gasteiger partial charge in [0.15, 0.2) is 0 Å². The average molecular weight is 267 g/mol. The van der Waals surface area contributed by atoms with E-state index in [9.17, 15) is 5.11 Å². The smallest absolute Gasteiger partial charge is 0.122 e. The summed E-state index contributed by atoms with van der Waals surface area (Å²) in [6.07, 6.45) is -0.405. The van der Waals surface area contributed by atoms with Crippen LogP contribution in [0, 0.1) is 0 Å². The molecule has 0 aliphatic heterocycles. The van der Waals surface area contributed by atoms with E-state index < -0.39 is 12.1 Å². The molecule has 0 saturated heterocycles. The summed E-state index contributed by atoms with van der Waals surface area (Å²) in [5.41, 5.74) is 7.55. The predicted molar refractivity (Wildman–Crippen MR) is 76.3 cm³/mol. The van der Waals surface area contributed by atoms with E-state index >= 15 is 0 Å². The molecule has 4 heteroatoms. The normalized spacial score (nSPS) is 15.1. The molecule has 0 saturated carbocycles. The summed E-state index contributed by atoms with van der Waals surface area (Å²) in [5.74, 6) is 0.805. The molecule has 19 heavy (non-hydrogen) atoms. The third-order valence-corrected chi connectivity index (χ3v) is 3.24. The molecule has 0 aromatic heterocycles. The number of methoxy groups -OCH3 is 1. The maximum Gasteiger partial charge on any atom is 0.122 e. The van der Waals surface area contributed by atoms with E-state index in [4.69, 9.17) is 15.6 Å². The first-order chi connectivity index (χ1) is 8.81. The number of hydrogen-bond acceptors (Lipinski definition) is 4. The maximum atomic E-state index is 10.2. The zero-order valence-electron chi connectivity index (χ0n) is 12.2. The molecule has 0 radical (unpaired) electrons. The molecule has 108 valence electrons. The highest BCUT2D eigenvalue weighted by atomic mass is 16.5. The van der Waals surface area contributed by atoms with E-state index in [0.717, 1.165) is 16.9 Å². The fourth-order valence-corrected chi connectivity index (χ4v) is 2.05. The van der Waals surface area contributed by atoms with Gasteiger partial charge in [-0.15, -0.1) is 0 Å². The van der Waals surface area contributed by atoms with Gasteiger partial charge in [-0.05, 0) is 35.1 Å². The Labute approximate surface area is 115 Å². The number of ether oxygens (including phenoxy) is 1. The molecule has 1 aromatic rings. The summed E-state index contributed by atoms with van der Waals surface area (Å²) in [6.45, 7) is 6.25. The lowest BCUT2D eigenvalue weighted by atomic mass is 9.84. The van der Waals surface area contributed by atoms with Crippen LogP contribution in [0.3, 0.4) is 0 Å². The highest BCUT2D eigenvalue weighted by molar-refractivity contribution is 5.42. The molecular weight excluding hydrogens is 242 g/mol. The predicted octanol–water partition coefficient (Wildman–Crippen LogP) is 1.74. The third kappa shape index (κ3) is 3.93. The van der Waals surface area contributed by atoms with Crippen molar-refractivity contribution in [2.75, 3.05) is 13.7 Å². The van der Waals surface area contributed by atoms with Gasteiger partial charge in [0.1, 0.15) is 5.75 Å². The first-order valence-electron chi connectivity index (χ1n) is 6.54. The molecular formula is C15H25NO3. The Kier molecular flexibility index (Phi) is 5.35. The van der Waals surface area contributed by atoms with Crippen molar-refractivity contribution in [3.05, 3.63) is 29.3 Å². The molecule has 0 bridgehead atoms. The van der Waals surface area contributed by atoms with Crippen molar-refractivity contribution in [1.82, 2.24) is 0 Å². The fourth-order valence-electron chi connectivity index (χ4n) is 2.05. The van der Waals surface area contributed by atoms with E-state index in [-0.39, 0.29) is 12.0 Å². The molecule has 0 heterocycles. The first kappa shape index (κ1) is 16.0. The lowest BCUT2D eigenvalue weighted by molar-refractivity contribution is 0.129. The maximum absolute atomic E-state index is 10.2. The minimum absolute atomic E-state index is 0.0273. The summed E-state index contributed by atoms with van der Waals surface area (Å²) in [5, 5.41) is 19.1. The van der Waals surface area contributed by atoms with Crippen molar-refractivity contribution in [1.29, 1.82) is 0 Å². The summed E-state index contributed by atoms with van der Waals surface area (Å²) in [7, 11) is 1.64. The zero-order chi connectivity index (χ0) is 14.6. The molecule has 1 aromatic carbocycles. The van der Waals surface area contributed by atoms with Gasteiger partial charge in [0.2, 0.25) is 0 Å². The van der Waals surface area contributed by atoms with Crippen LogP contribution in [0.2, 0.25) is 0 Å². The van der Waals surface area contributed by atoms with Crippen LogP contribution in [0.1, 0.15) is 44.4 Å². The Hall–Kier alpha value is -1.10. The Morgan fingerprint density at radius 1 is 1.32 bits per heavy atom. The molecule has 0 amide bonds. The average Bonchev–Trinajstić information content (AvgIpc) is 2.36. The summed E-state index contributed by atoms with van der Waals surface area (Å²) < 4.78 is 5.36. The SMILES string of the molecule is COc1ccc(C(O)C(N)CCO)cc1C(C)(C)C. The van der Waals surface area contributed by atoms with Crippen molar-refractivity contribution in [2.45, 2.75) is 44.8 Å². The molecule has 2 atom stereocenters. The standard InChI is InChI=1S/C15H25NO3/c1-15(2,3)11-9-10(5-6-13(11)19-4)14(18)12(16)7-8-17/h5-6,9,12,14,17-18H,7-8,16H2,1-4H3. The number of benzene rings is 1. The molecule has 4 N–H and O–H groups in total. The Morgan fingerprint density at radius 2 is 1.95 bits per heavy atom. The van der Waals surface area contributed by atoms with Crippen LogP contribution >= 0.6 is 0 Å². The van der Waals surface area contributed by atoms with Crippen molar-refractivity contribution < 1.29 is 14.9 Å². The number of aliphatic hydroxyl groups is 2. The van der Waals surface area contributed by atoms with Crippen LogP contribution in [0.4, 0.5) is 0 Å². The number of aliphatic hydroxyl groups excluding tert-OH is 2. The van der Waals surface area contributed by atoms with Gasteiger partial charge in [-0.3, -0.25) is 0 Å². The lowest BCUT2D eigenvalue weighted by Gasteiger charge is -2.25. The van der Waals surface area contributed by atoms with Gasteiger partial charge < -0.3 is 20.7 Å². The molecule has 0 spiro atoms. The fraction of sp³-hybridized carbons (Fsp3) is 0.600. The number of nitrogens with two attached hydrogens (primary N) is 1. The number of rotatable bonds is 5. The molecule has 1 rings (SSSR count). The second kappa shape index (κ2) is 6.37. The van der Waals surface area contributed by atoms with Gasteiger partial charge in [0.25, 0.3) is 0 Å². The van der Waals surface area contributed by atoms with E-state index in [2.05, 4.69) is 20.8 Å². The number of hydrogen-bond donors (Lipinski definition) is 3. The van der Waals surface area contributed by atoms with Crippen molar-refractivity contribution in [3.63, 3.8) is 0 Å². The van der Waals surface area contributed by atoms with E-state index in [1.54, 1.807) is 7.11 Å². The zero-order valence-corrected chi connectivity index (χ0v) is 12.2. The largest absolute Gasteiger partial charge is 0.496 e. The van der Waals surface area contributed by atoms with Gasteiger partial charge in [0, 0.05) is 12.6 Å². The van der Waals surface area contributed by atoms with Crippen molar-refractivity contribution >= 4 is 0 Å². The molecule has 2 unspecified atom stereocenters. The highest BCUT2D eigenvalue weighted by Gasteiger charge is 2.23. The molecule has 4 nitrogen and oxygen atoms in total. The third-order valence-electron chi connectivity index (χ3n) is 3.24. The van der Waals surface area contributed by atoms with Crippen LogP contribution in [0.5, 0.6) is 5.75 Å². The van der Waals surface area contributed by atoms with Crippen molar-refractivity contribution in [2.24, 2.45) is 5.73 Å². The Balaban J connectivity index is 3.11. The van der Waals surface area contributed by atoms with Crippen LogP contribution in [-0.2, 0) is 5.41 Å². The second-order valence-corrected chi connectivity index (χ2v) is 5.83. The molecule has 0 fully saturated rings. The summed E-state index contributed by atoms with van der Waals surface area (Å²) in [6, 6.07) is 5.13. The van der Waals surface area contributed by atoms with Gasteiger partial charge in [-0.2, -0.15) is 0 Å². The van der Waals surface area contributed by atoms with Gasteiger partial charge in [-0.25, -0.2) is 0 Å². The van der Waals surface area contributed by atoms with Gasteiger partial charge in [0.05, 0.1) is 13.2 Å². The first-order valence-corrected chi connectivity index (χ1v) is 6.54. The van der Waals surface area contributed by atoms with Crippen LogP contribution in [-0.4, -0.2) is 30.0 Å². The summed E-state index contributed by atoms with van der Waals surface area (Å²) >= 11 is 0. The van der Waals surface area contributed by atoms with Gasteiger partial charge >= 0.3 is 0 Å². The second-order valence-electron chi connectivity index (χ2n) is 5.83. The molecule has 0 aliphatic carbocycles. The van der Waals surface area contributed by atoms with E-state index in [1.165, 1.54) is 0 Å². The van der Waals surface area contributed by atoms with Crippen LogP contribution in [0.15, 0.2) is 18.2 Å². The van der Waals surface area contributed by atoms with E-state index in [1.807, 2.05) is 18.2 Å².